The largest absolute Gasteiger partial charge is 0.399 e. The fraction of sp³-hybridized carbons (Fsp3) is 0.500. The van der Waals surface area contributed by atoms with Crippen molar-refractivity contribution in [2.24, 2.45) is 0 Å². The van der Waals surface area contributed by atoms with Crippen LogP contribution in [0.3, 0.4) is 0 Å². The Labute approximate surface area is 102 Å². The highest BCUT2D eigenvalue weighted by molar-refractivity contribution is 5.86. The van der Waals surface area contributed by atoms with Gasteiger partial charge in [-0.25, -0.2) is 0 Å². The number of nitrogens with two attached hydrogens (primary N) is 1. The van der Waals surface area contributed by atoms with E-state index in [1.54, 1.807) is 0 Å². The SMILES string of the molecule is Nc1cccc(C2C(=O)CCCN2C2CC2)c1. The fourth-order valence-electron chi connectivity index (χ4n) is 2.79. The van der Waals surface area contributed by atoms with Crippen molar-refractivity contribution in [3.05, 3.63) is 29.8 Å². The second-order valence-electron chi connectivity index (χ2n) is 5.11. The third-order valence-corrected chi connectivity index (χ3v) is 3.72. The van der Waals surface area contributed by atoms with Crippen LogP contribution in [0.15, 0.2) is 24.3 Å². The normalized spacial score (nSPS) is 26.1. The molecule has 17 heavy (non-hydrogen) atoms. The number of likely N-dealkylation sites (tertiary alicyclic amines) is 1. The number of anilines is 1. The molecule has 3 rings (SSSR count). The summed E-state index contributed by atoms with van der Waals surface area (Å²) in [5, 5.41) is 0. The van der Waals surface area contributed by atoms with Crippen LogP contribution in [0.5, 0.6) is 0 Å². The summed E-state index contributed by atoms with van der Waals surface area (Å²) in [6.45, 7) is 1.05. The molecule has 1 aromatic rings. The summed E-state index contributed by atoms with van der Waals surface area (Å²) in [4.78, 5) is 14.5. The summed E-state index contributed by atoms with van der Waals surface area (Å²) in [5.41, 5.74) is 7.64. The highest BCUT2D eigenvalue weighted by Gasteiger charge is 2.39. The van der Waals surface area contributed by atoms with E-state index in [0.29, 0.717) is 18.2 Å². The second-order valence-corrected chi connectivity index (χ2v) is 5.11. The Kier molecular flexibility index (Phi) is 2.63. The molecule has 1 saturated heterocycles. The summed E-state index contributed by atoms with van der Waals surface area (Å²) in [6, 6.07) is 8.38. The van der Waals surface area contributed by atoms with Crippen molar-refractivity contribution < 1.29 is 4.79 Å². The molecule has 0 spiro atoms. The van der Waals surface area contributed by atoms with E-state index < -0.39 is 0 Å². The van der Waals surface area contributed by atoms with E-state index >= 15 is 0 Å². The van der Waals surface area contributed by atoms with Crippen LogP contribution < -0.4 is 5.73 Å². The maximum atomic E-state index is 12.2. The number of carbonyl (C=O) groups excluding carboxylic acids is 1. The first-order chi connectivity index (χ1) is 8.25. The van der Waals surface area contributed by atoms with Gasteiger partial charge in [0.05, 0.1) is 6.04 Å². The number of Topliss-reactive ketones (excluding diaryl/α,β-unsaturated/α-hetero) is 1. The van der Waals surface area contributed by atoms with E-state index in [4.69, 9.17) is 5.73 Å². The molecule has 1 atom stereocenters. The van der Waals surface area contributed by atoms with Gasteiger partial charge in [-0.1, -0.05) is 12.1 Å². The zero-order valence-corrected chi connectivity index (χ0v) is 9.93. The van der Waals surface area contributed by atoms with Crippen LogP contribution in [0.25, 0.3) is 0 Å². The predicted octanol–water partition coefficient (Wildman–Crippen LogP) is 2.14. The van der Waals surface area contributed by atoms with Gasteiger partial charge in [-0.2, -0.15) is 0 Å². The van der Waals surface area contributed by atoms with Gasteiger partial charge >= 0.3 is 0 Å². The molecule has 0 amide bonds. The first kappa shape index (κ1) is 10.8. The lowest BCUT2D eigenvalue weighted by atomic mass is 9.93. The van der Waals surface area contributed by atoms with Crippen molar-refractivity contribution in [2.75, 3.05) is 12.3 Å². The minimum Gasteiger partial charge on any atom is -0.399 e. The number of ketones is 1. The van der Waals surface area contributed by atoms with E-state index in [1.807, 2.05) is 24.3 Å². The smallest absolute Gasteiger partial charge is 0.154 e. The Balaban J connectivity index is 1.93. The Morgan fingerprint density at radius 3 is 2.82 bits per heavy atom. The molecule has 0 aromatic heterocycles. The molecule has 90 valence electrons. The molecule has 1 aliphatic heterocycles. The number of nitrogens with zero attached hydrogens (tertiary/aromatic N) is 1. The maximum Gasteiger partial charge on any atom is 0.154 e. The lowest BCUT2D eigenvalue weighted by molar-refractivity contribution is -0.127. The van der Waals surface area contributed by atoms with Crippen LogP contribution in [0.1, 0.15) is 37.3 Å². The van der Waals surface area contributed by atoms with Crippen LogP contribution in [0.2, 0.25) is 0 Å². The zero-order valence-electron chi connectivity index (χ0n) is 9.93. The molecule has 3 nitrogen and oxygen atoms in total. The first-order valence-electron chi connectivity index (χ1n) is 6.39. The van der Waals surface area contributed by atoms with Gasteiger partial charge in [-0.05, 0) is 43.5 Å². The third-order valence-electron chi connectivity index (χ3n) is 3.72. The fourth-order valence-corrected chi connectivity index (χ4v) is 2.79. The van der Waals surface area contributed by atoms with E-state index in [9.17, 15) is 4.79 Å². The molecular formula is C14H18N2O. The number of nitrogen functional groups attached to an aromatic ring is 1. The van der Waals surface area contributed by atoms with Crippen molar-refractivity contribution in [1.82, 2.24) is 4.90 Å². The molecular weight excluding hydrogens is 212 g/mol. The van der Waals surface area contributed by atoms with Crippen LogP contribution in [-0.2, 0) is 4.79 Å². The van der Waals surface area contributed by atoms with E-state index in [0.717, 1.165) is 24.2 Å². The average Bonchev–Trinajstić information content (AvgIpc) is 3.12. The highest BCUT2D eigenvalue weighted by atomic mass is 16.1. The molecule has 0 bridgehead atoms. The summed E-state index contributed by atoms with van der Waals surface area (Å²) < 4.78 is 0. The van der Waals surface area contributed by atoms with E-state index in [-0.39, 0.29) is 6.04 Å². The maximum absolute atomic E-state index is 12.2. The van der Waals surface area contributed by atoms with Gasteiger partial charge < -0.3 is 5.73 Å². The van der Waals surface area contributed by atoms with Crippen LogP contribution in [0.4, 0.5) is 5.69 Å². The number of carbonyl (C=O) groups is 1. The molecule has 1 heterocycles. The standard InChI is InChI=1S/C14H18N2O/c15-11-4-1-3-10(9-11)14-13(17)5-2-8-16(14)12-6-7-12/h1,3-4,9,12,14H,2,5-8,15H2. The Morgan fingerprint density at radius 2 is 2.12 bits per heavy atom. The predicted molar refractivity (Wildman–Crippen MR) is 67.6 cm³/mol. The van der Waals surface area contributed by atoms with Gasteiger partial charge in [-0.3, -0.25) is 9.69 Å². The van der Waals surface area contributed by atoms with Gasteiger partial charge in [0.1, 0.15) is 0 Å². The van der Waals surface area contributed by atoms with Crippen LogP contribution in [-0.4, -0.2) is 23.3 Å². The van der Waals surface area contributed by atoms with Crippen molar-refractivity contribution in [3.63, 3.8) is 0 Å². The molecule has 1 saturated carbocycles. The number of hydrogen-bond acceptors (Lipinski definition) is 3. The number of benzene rings is 1. The zero-order chi connectivity index (χ0) is 11.8. The Morgan fingerprint density at radius 1 is 1.29 bits per heavy atom. The molecule has 2 aliphatic rings. The first-order valence-corrected chi connectivity index (χ1v) is 6.39. The molecule has 2 fully saturated rings. The van der Waals surface area contributed by atoms with Gasteiger partial charge in [0, 0.05) is 18.2 Å². The van der Waals surface area contributed by atoms with Crippen molar-refractivity contribution in [3.8, 4) is 0 Å². The highest BCUT2D eigenvalue weighted by Crippen LogP contribution is 2.38. The second kappa shape index (κ2) is 4.15. The summed E-state index contributed by atoms with van der Waals surface area (Å²) in [6.07, 6.45) is 4.20. The van der Waals surface area contributed by atoms with E-state index in [1.165, 1.54) is 12.8 Å². The van der Waals surface area contributed by atoms with Gasteiger partial charge in [-0.15, -0.1) is 0 Å². The summed E-state index contributed by atoms with van der Waals surface area (Å²) in [7, 11) is 0. The average molecular weight is 230 g/mol. The van der Waals surface area contributed by atoms with Gasteiger partial charge in [0.25, 0.3) is 0 Å². The summed E-state index contributed by atoms with van der Waals surface area (Å²) in [5.74, 6) is 0.355. The molecule has 2 N–H and O–H groups in total. The van der Waals surface area contributed by atoms with Crippen LogP contribution in [0, 0.1) is 0 Å². The van der Waals surface area contributed by atoms with Crippen molar-refractivity contribution in [2.45, 2.75) is 37.8 Å². The minimum absolute atomic E-state index is 0.0419. The topological polar surface area (TPSA) is 46.3 Å². The lowest BCUT2D eigenvalue weighted by Crippen LogP contribution is -2.40. The van der Waals surface area contributed by atoms with Crippen molar-refractivity contribution >= 4 is 11.5 Å². The summed E-state index contributed by atoms with van der Waals surface area (Å²) >= 11 is 0. The monoisotopic (exact) mass is 230 g/mol. The lowest BCUT2D eigenvalue weighted by Gasteiger charge is -2.35. The van der Waals surface area contributed by atoms with Gasteiger partial charge in [0.15, 0.2) is 5.78 Å². The Bertz CT molecular complexity index is 440. The Hall–Kier alpha value is -1.35. The third kappa shape index (κ3) is 2.07. The van der Waals surface area contributed by atoms with Crippen molar-refractivity contribution in [1.29, 1.82) is 0 Å². The number of piperidine rings is 1. The van der Waals surface area contributed by atoms with E-state index in [2.05, 4.69) is 4.90 Å². The van der Waals surface area contributed by atoms with Crippen LogP contribution >= 0.6 is 0 Å². The minimum atomic E-state index is -0.0419. The number of hydrogen-bond donors (Lipinski definition) is 1. The molecule has 1 aromatic carbocycles. The molecule has 1 aliphatic carbocycles. The van der Waals surface area contributed by atoms with Gasteiger partial charge in [0.2, 0.25) is 0 Å². The quantitative estimate of drug-likeness (QED) is 0.792. The molecule has 1 unspecified atom stereocenters. The molecule has 0 radical (unpaired) electrons. The molecule has 3 heteroatoms. The number of rotatable bonds is 2.